The monoisotopic (exact) mass is 759 g/mol. The zero-order valence-corrected chi connectivity index (χ0v) is 32.0. The fraction of sp³-hybridized carbons (Fsp3) is 0.0192. The van der Waals surface area contributed by atoms with Gasteiger partial charge in [-0.3, -0.25) is 0 Å². The van der Waals surface area contributed by atoms with Crippen LogP contribution in [0.1, 0.15) is 22.9 Å². The van der Waals surface area contributed by atoms with Crippen molar-refractivity contribution in [3.63, 3.8) is 0 Å². The molecule has 1 aliphatic rings. The molecule has 12 rings (SSSR count). The number of para-hydroxylation sites is 3. The Morgan fingerprint density at radius 3 is 1.93 bits per heavy atom. The van der Waals surface area contributed by atoms with Crippen LogP contribution in [0.25, 0.3) is 80.6 Å². The van der Waals surface area contributed by atoms with Gasteiger partial charge in [0.05, 0.1) is 22.2 Å². The van der Waals surface area contributed by atoms with Crippen LogP contribution >= 0.6 is 11.3 Å². The van der Waals surface area contributed by atoms with E-state index in [1.807, 2.05) is 17.4 Å². The molecule has 0 spiro atoms. The van der Waals surface area contributed by atoms with E-state index in [-0.39, 0.29) is 0 Å². The number of hydrogen-bond donors (Lipinski definition) is 1. The van der Waals surface area contributed by atoms with Crippen molar-refractivity contribution in [2.75, 3.05) is 0 Å². The summed E-state index contributed by atoms with van der Waals surface area (Å²) in [6.45, 7) is 0. The predicted molar refractivity (Wildman–Crippen MR) is 244 cm³/mol. The molecule has 3 aromatic heterocycles. The van der Waals surface area contributed by atoms with Gasteiger partial charge in [-0.2, -0.15) is 0 Å². The average molecular weight is 760 g/mol. The molecule has 1 N–H and O–H groups in total. The number of hydrogen-bond acceptors (Lipinski definition) is 5. The number of nitrogens with zero attached hydrogens (tertiary/aromatic N) is 4. The lowest BCUT2D eigenvalue weighted by molar-refractivity contribution is 0.763. The maximum Gasteiger partial charge on any atom is 0.170 e. The van der Waals surface area contributed by atoms with Gasteiger partial charge in [0.1, 0.15) is 11.7 Å². The van der Waals surface area contributed by atoms with Crippen LogP contribution < -0.4 is 5.32 Å². The molecule has 0 radical (unpaired) electrons. The molecule has 11 aromatic rings. The van der Waals surface area contributed by atoms with E-state index in [2.05, 4.69) is 192 Å². The van der Waals surface area contributed by atoms with Gasteiger partial charge in [0.15, 0.2) is 6.17 Å². The maximum atomic E-state index is 5.46. The number of benzene rings is 8. The third-order valence-corrected chi connectivity index (χ3v) is 12.6. The molecule has 0 fully saturated rings. The van der Waals surface area contributed by atoms with Crippen LogP contribution in [0.3, 0.4) is 0 Å². The summed E-state index contributed by atoms with van der Waals surface area (Å²) in [6, 6.07) is 66.5. The molecule has 0 aliphatic carbocycles. The number of nitrogens with one attached hydrogen (secondary N) is 1. The van der Waals surface area contributed by atoms with Gasteiger partial charge in [-0.05, 0) is 48.5 Å². The minimum atomic E-state index is -0.473. The first-order valence-electron chi connectivity index (χ1n) is 19.6. The highest BCUT2D eigenvalue weighted by Gasteiger charge is 2.25. The largest absolute Gasteiger partial charge is 0.324 e. The van der Waals surface area contributed by atoms with Crippen LogP contribution in [0.2, 0.25) is 0 Å². The zero-order valence-electron chi connectivity index (χ0n) is 31.2. The Bertz CT molecular complexity index is 3470. The van der Waals surface area contributed by atoms with Crippen LogP contribution in [-0.4, -0.2) is 21.2 Å². The highest BCUT2D eigenvalue weighted by atomic mass is 32.1. The third kappa shape index (κ3) is 5.12. The van der Waals surface area contributed by atoms with E-state index >= 15 is 0 Å². The maximum absolute atomic E-state index is 5.46. The smallest absolute Gasteiger partial charge is 0.170 e. The number of aliphatic imine (C=N–C) groups is 2. The number of thiophene rings is 1. The first kappa shape index (κ1) is 32.8. The molecule has 1 unspecified atom stereocenters. The van der Waals surface area contributed by atoms with Crippen LogP contribution in [0.5, 0.6) is 0 Å². The van der Waals surface area contributed by atoms with E-state index in [1.165, 1.54) is 41.8 Å². The van der Waals surface area contributed by atoms with Gasteiger partial charge in [0, 0.05) is 75.0 Å². The highest BCUT2D eigenvalue weighted by Crippen LogP contribution is 2.46. The summed E-state index contributed by atoms with van der Waals surface area (Å²) in [6.07, 6.45) is -0.473. The Kier molecular flexibility index (Phi) is 7.40. The van der Waals surface area contributed by atoms with Crippen molar-refractivity contribution in [3.05, 3.63) is 205 Å². The quantitative estimate of drug-likeness (QED) is 0.178. The summed E-state index contributed by atoms with van der Waals surface area (Å²) in [5.41, 5.74) is 9.68. The Labute approximate surface area is 337 Å². The summed E-state index contributed by atoms with van der Waals surface area (Å²) in [7, 11) is 0. The summed E-state index contributed by atoms with van der Waals surface area (Å²) >= 11 is 1.84. The molecule has 0 saturated heterocycles. The van der Waals surface area contributed by atoms with E-state index < -0.39 is 6.17 Å². The standard InChI is InChI=1S/C52H33N5S/c1-4-15-32(16-5-1)48-38-28-29-39-46-40(23-14-26-45(46)58-49(39)47(38)37-22-10-12-24-42(37)53-48)52-55-50(33-17-6-2-7-18-33)54-51(56-52)34-27-30-44-41(31-34)36-21-11-13-25-43(36)57(44)35-19-8-3-9-20-35/h1-31,52H,(H,54,55,56). The molecule has 4 heterocycles. The fourth-order valence-electron chi connectivity index (χ4n) is 8.83. The number of fused-ring (bicyclic) bond motifs is 10. The minimum Gasteiger partial charge on any atom is -0.324 e. The molecule has 0 saturated carbocycles. The van der Waals surface area contributed by atoms with E-state index in [9.17, 15) is 0 Å². The number of aromatic nitrogens is 2. The molecule has 1 atom stereocenters. The highest BCUT2D eigenvalue weighted by molar-refractivity contribution is 7.26. The van der Waals surface area contributed by atoms with Crippen molar-refractivity contribution in [2.24, 2.45) is 9.98 Å². The molecule has 1 aliphatic heterocycles. The first-order chi connectivity index (χ1) is 28.8. The van der Waals surface area contributed by atoms with Crippen LogP contribution in [-0.2, 0) is 0 Å². The summed E-state index contributed by atoms with van der Waals surface area (Å²) < 4.78 is 4.81. The molecule has 58 heavy (non-hydrogen) atoms. The minimum absolute atomic E-state index is 0.473. The van der Waals surface area contributed by atoms with Crippen molar-refractivity contribution in [3.8, 4) is 16.9 Å². The average Bonchev–Trinajstić information content (AvgIpc) is 3.85. The lowest BCUT2D eigenvalue weighted by Crippen LogP contribution is -2.36. The zero-order chi connectivity index (χ0) is 38.2. The SMILES string of the molecule is c1ccc(C2=NC(c3cccc4sc5c(ccc6c(-c7ccccc7)nc7ccccc7c65)c34)N=C(c3ccc4c(c3)c3ccccc3n4-c3ccccc3)N2)cc1. The summed E-state index contributed by atoms with van der Waals surface area (Å²) in [5, 5.41) is 12.0. The molecule has 6 heteroatoms. The molecular weight excluding hydrogens is 727 g/mol. The van der Waals surface area contributed by atoms with Gasteiger partial charge in [-0.1, -0.05) is 140 Å². The molecule has 0 bridgehead atoms. The summed E-state index contributed by atoms with van der Waals surface area (Å²) in [5.74, 6) is 1.60. The first-order valence-corrected chi connectivity index (χ1v) is 20.4. The van der Waals surface area contributed by atoms with Crippen molar-refractivity contribution >= 4 is 86.7 Å². The fourth-order valence-corrected chi connectivity index (χ4v) is 10.1. The molecule has 5 nitrogen and oxygen atoms in total. The normalized spacial score (nSPS) is 14.4. The van der Waals surface area contributed by atoms with Gasteiger partial charge in [-0.15, -0.1) is 11.3 Å². The molecule has 272 valence electrons. The van der Waals surface area contributed by atoms with Gasteiger partial charge in [0.25, 0.3) is 0 Å². The third-order valence-electron chi connectivity index (χ3n) is 11.4. The topological polar surface area (TPSA) is 54.6 Å². The van der Waals surface area contributed by atoms with E-state index in [0.29, 0.717) is 0 Å². The molecule has 0 amide bonds. The van der Waals surface area contributed by atoms with Crippen molar-refractivity contribution in [1.82, 2.24) is 14.9 Å². The van der Waals surface area contributed by atoms with Gasteiger partial charge < -0.3 is 9.88 Å². The van der Waals surface area contributed by atoms with E-state index in [0.717, 1.165) is 67.1 Å². The number of pyridine rings is 1. The van der Waals surface area contributed by atoms with Gasteiger partial charge in [-0.25, -0.2) is 15.0 Å². The van der Waals surface area contributed by atoms with Gasteiger partial charge >= 0.3 is 0 Å². The second-order valence-electron chi connectivity index (χ2n) is 14.8. The second-order valence-corrected chi connectivity index (χ2v) is 15.8. The van der Waals surface area contributed by atoms with Crippen molar-refractivity contribution < 1.29 is 0 Å². The predicted octanol–water partition coefficient (Wildman–Crippen LogP) is 13.0. The Morgan fingerprint density at radius 1 is 0.466 bits per heavy atom. The van der Waals surface area contributed by atoms with E-state index in [1.54, 1.807) is 0 Å². The number of rotatable bonds is 5. The lowest BCUT2D eigenvalue weighted by atomic mass is 9.96. The Balaban J connectivity index is 1.07. The summed E-state index contributed by atoms with van der Waals surface area (Å²) in [4.78, 5) is 16.0. The number of amidine groups is 2. The van der Waals surface area contributed by atoms with Crippen LogP contribution in [0.15, 0.2) is 198 Å². The van der Waals surface area contributed by atoms with Gasteiger partial charge in [0.2, 0.25) is 0 Å². The molecule has 8 aromatic carbocycles. The van der Waals surface area contributed by atoms with Crippen LogP contribution in [0.4, 0.5) is 0 Å². The van der Waals surface area contributed by atoms with Crippen LogP contribution in [0, 0.1) is 0 Å². The Morgan fingerprint density at radius 2 is 1.12 bits per heavy atom. The van der Waals surface area contributed by atoms with Crippen molar-refractivity contribution in [1.29, 1.82) is 0 Å². The van der Waals surface area contributed by atoms with Crippen molar-refractivity contribution in [2.45, 2.75) is 6.17 Å². The van der Waals surface area contributed by atoms with E-state index in [4.69, 9.17) is 15.0 Å². The second kappa shape index (κ2) is 13.1. The Hall–Kier alpha value is -7.41. The molecular formula is C52H33N5S. The lowest BCUT2D eigenvalue weighted by Gasteiger charge is -2.23.